The maximum atomic E-state index is 12.0. The van der Waals surface area contributed by atoms with E-state index in [1.807, 2.05) is 32.0 Å². The summed E-state index contributed by atoms with van der Waals surface area (Å²) in [5.74, 6) is 0.0698. The molecule has 0 radical (unpaired) electrons. The number of carbonyl (C=O) groups excluding carboxylic acids is 2. The minimum atomic E-state index is -0.478. The Morgan fingerprint density at radius 3 is 2.54 bits per heavy atom. The smallest absolute Gasteiger partial charge is 0.264 e. The fourth-order valence-corrected chi connectivity index (χ4v) is 2.28. The summed E-state index contributed by atoms with van der Waals surface area (Å²) in [4.78, 5) is 23.6. The zero-order valence-electron chi connectivity index (χ0n) is 14.0. The molecule has 0 spiro atoms. The summed E-state index contributed by atoms with van der Waals surface area (Å²) in [7, 11) is 0. The van der Waals surface area contributed by atoms with Gasteiger partial charge in [-0.25, -0.2) is 0 Å². The number of benzene rings is 1. The van der Waals surface area contributed by atoms with E-state index in [0.29, 0.717) is 11.5 Å². The first-order valence-electron chi connectivity index (χ1n) is 7.37. The van der Waals surface area contributed by atoms with Crippen LogP contribution in [0.2, 0.25) is 0 Å². The molecular formula is C18H18N2O4. The molecule has 0 fully saturated rings. The van der Waals surface area contributed by atoms with E-state index >= 15 is 0 Å². The number of ether oxygens (including phenoxy) is 1. The molecule has 24 heavy (non-hydrogen) atoms. The topological polar surface area (TPSA) is 92.3 Å². The van der Waals surface area contributed by atoms with E-state index in [-0.39, 0.29) is 29.4 Å². The molecule has 2 rings (SSSR count). The van der Waals surface area contributed by atoms with E-state index in [1.165, 1.54) is 6.92 Å². The number of furan rings is 1. The van der Waals surface area contributed by atoms with Gasteiger partial charge in [-0.2, -0.15) is 5.26 Å². The predicted molar refractivity (Wildman–Crippen MR) is 88.2 cm³/mol. The minimum Gasteiger partial charge on any atom is -0.484 e. The van der Waals surface area contributed by atoms with Crippen molar-refractivity contribution in [2.75, 3.05) is 11.9 Å². The minimum absolute atomic E-state index is 0.0273. The Morgan fingerprint density at radius 1 is 1.25 bits per heavy atom. The van der Waals surface area contributed by atoms with Crippen molar-refractivity contribution in [3.8, 4) is 11.8 Å². The SMILES string of the molecule is CC(=O)c1c(C)oc(NC(=O)COc2ccc(C)c(C)c2)c1C#N. The highest BCUT2D eigenvalue weighted by Gasteiger charge is 2.22. The summed E-state index contributed by atoms with van der Waals surface area (Å²) in [6.07, 6.45) is 0. The number of hydrogen-bond acceptors (Lipinski definition) is 5. The van der Waals surface area contributed by atoms with Gasteiger partial charge in [-0.05, 0) is 51.0 Å². The van der Waals surface area contributed by atoms with Crippen molar-refractivity contribution in [3.63, 3.8) is 0 Å². The van der Waals surface area contributed by atoms with Crippen LogP contribution < -0.4 is 10.1 Å². The van der Waals surface area contributed by atoms with Gasteiger partial charge in [-0.15, -0.1) is 0 Å². The number of Topliss-reactive ketones (excluding diaryl/α,β-unsaturated/α-hetero) is 1. The maximum absolute atomic E-state index is 12.0. The molecule has 6 heteroatoms. The lowest BCUT2D eigenvalue weighted by molar-refractivity contribution is -0.118. The van der Waals surface area contributed by atoms with Crippen LogP contribution in [0, 0.1) is 32.1 Å². The van der Waals surface area contributed by atoms with Crippen LogP contribution in [0.4, 0.5) is 5.88 Å². The van der Waals surface area contributed by atoms with E-state index in [2.05, 4.69) is 5.32 Å². The van der Waals surface area contributed by atoms with Crippen molar-refractivity contribution in [2.45, 2.75) is 27.7 Å². The molecule has 0 aliphatic carbocycles. The summed E-state index contributed by atoms with van der Waals surface area (Å²) < 4.78 is 10.8. The van der Waals surface area contributed by atoms with Crippen LogP contribution in [0.15, 0.2) is 22.6 Å². The van der Waals surface area contributed by atoms with Crippen molar-refractivity contribution >= 4 is 17.6 Å². The van der Waals surface area contributed by atoms with Crippen LogP contribution in [0.25, 0.3) is 0 Å². The van der Waals surface area contributed by atoms with Crippen molar-refractivity contribution < 1.29 is 18.7 Å². The van der Waals surface area contributed by atoms with Gasteiger partial charge in [-0.1, -0.05) is 6.07 Å². The Morgan fingerprint density at radius 2 is 1.96 bits per heavy atom. The Kier molecular flexibility index (Phi) is 5.05. The zero-order chi connectivity index (χ0) is 17.9. The van der Waals surface area contributed by atoms with Gasteiger partial charge in [0.2, 0.25) is 5.88 Å². The second-order valence-electron chi connectivity index (χ2n) is 5.49. The first-order chi connectivity index (χ1) is 11.3. The first kappa shape index (κ1) is 17.3. The summed E-state index contributed by atoms with van der Waals surface area (Å²) in [6.45, 7) is 6.62. The molecular weight excluding hydrogens is 308 g/mol. The van der Waals surface area contributed by atoms with Gasteiger partial charge in [0, 0.05) is 0 Å². The Hall–Kier alpha value is -3.07. The molecule has 6 nitrogen and oxygen atoms in total. The molecule has 0 atom stereocenters. The maximum Gasteiger partial charge on any atom is 0.264 e. The lowest BCUT2D eigenvalue weighted by Gasteiger charge is -2.08. The molecule has 0 saturated heterocycles. The fourth-order valence-electron chi connectivity index (χ4n) is 2.28. The largest absolute Gasteiger partial charge is 0.484 e. The number of nitriles is 1. The molecule has 0 aliphatic heterocycles. The second-order valence-corrected chi connectivity index (χ2v) is 5.49. The first-order valence-corrected chi connectivity index (χ1v) is 7.37. The summed E-state index contributed by atoms with van der Waals surface area (Å²) in [5.41, 5.74) is 2.41. The normalized spacial score (nSPS) is 10.1. The van der Waals surface area contributed by atoms with Crippen molar-refractivity contribution in [1.82, 2.24) is 0 Å². The van der Waals surface area contributed by atoms with Gasteiger partial charge in [-0.3, -0.25) is 14.9 Å². The number of ketones is 1. The third kappa shape index (κ3) is 3.63. The molecule has 1 aromatic carbocycles. The summed E-state index contributed by atoms with van der Waals surface area (Å²) in [5, 5.41) is 11.7. The quantitative estimate of drug-likeness (QED) is 0.851. The summed E-state index contributed by atoms with van der Waals surface area (Å²) in [6, 6.07) is 7.42. The van der Waals surface area contributed by atoms with E-state index < -0.39 is 5.91 Å². The average molecular weight is 326 g/mol. The molecule has 2 aromatic rings. The third-order valence-corrected chi connectivity index (χ3v) is 3.65. The standard InChI is InChI=1S/C18H18N2O4/c1-10-5-6-14(7-11(10)2)23-9-16(22)20-18-15(8-19)17(12(3)21)13(4)24-18/h5-7H,9H2,1-4H3,(H,20,22). The van der Waals surface area contributed by atoms with Crippen molar-refractivity contribution in [3.05, 3.63) is 46.2 Å². The summed E-state index contributed by atoms with van der Waals surface area (Å²) >= 11 is 0. The number of amides is 1. The molecule has 1 heterocycles. The van der Waals surface area contributed by atoms with Crippen LogP contribution in [0.5, 0.6) is 5.75 Å². The third-order valence-electron chi connectivity index (χ3n) is 3.65. The molecule has 1 N–H and O–H groups in total. The van der Waals surface area contributed by atoms with E-state index in [0.717, 1.165) is 11.1 Å². The fraction of sp³-hybridized carbons (Fsp3) is 0.278. The molecule has 124 valence electrons. The number of aryl methyl sites for hydroxylation is 3. The highest BCUT2D eigenvalue weighted by Crippen LogP contribution is 2.26. The Labute approximate surface area is 140 Å². The molecule has 0 saturated carbocycles. The number of rotatable bonds is 5. The highest BCUT2D eigenvalue weighted by molar-refractivity contribution is 6.01. The monoisotopic (exact) mass is 326 g/mol. The molecule has 1 aromatic heterocycles. The molecule has 1 amide bonds. The highest BCUT2D eigenvalue weighted by atomic mass is 16.5. The lowest BCUT2D eigenvalue weighted by Crippen LogP contribution is -2.20. The van der Waals surface area contributed by atoms with Crippen molar-refractivity contribution in [2.24, 2.45) is 0 Å². The van der Waals surface area contributed by atoms with E-state index in [9.17, 15) is 14.9 Å². The van der Waals surface area contributed by atoms with Gasteiger partial charge < -0.3 is 9.15 Å². The molecule has 0 unspecified atom stereocenters. The number of nitrogens with one attached hydrogen (secondary N) is 1. The lowest BCUT2D eigenvalue weighted by atomic mass is 10.1. The van der Waals surface area contributed by atoms with Gasteiger partial charge >= 0.3 is 0 Å². The Bertz CT molecular complexity index is 843. The van der Waals surface area contributed by atoms with Crippen LogP contribution in [-0.4, -0.2) is 18.3 Å². The number of nitrogens with zero attached hydrogens (tertiary/aromatic N) is 1. The molecule has 0 aliphatic rings. The van der Waals surface area contributed by atoms with Crippen LogP contribution >= 0.6 is 0 Å². The van der Waals surface area contributed by atoms with Gasteiger partial charge in [0.1, 0.15) is 23.1 Å². The number of anilines is 1. The number of hydrogen-bond donors (Lipinski definition) is 1. The van der Waals surface area contributed by atoms with Gasteiger partial charge in [0.25, 0.3) is 5.91 Å². The van der Waals surface area contributed by atoms with Crippen LogP contribution in [-0.2, 0) is 4.79 Å². The predicted octanol–water partition coefficient (Wildman–Crippen LogP) is 3.30. The van der Waals surface area contributed by atoms with Gasteiger partial charge in [0.05, 0.1) is 5.56 Å². The second kappa shape index (κ2) is 7.01. The van der Waals surface area contributed by atoms with Crippen LogP contribution in [0.3, 0.4) is 0 Å². The molecule has 0 bridgehead atoms. The van der Waals surface area contributed by atoms with Crippen molar-refractivity contribution in [1.29, 1.82) is 5.26 Å². The average Bonchev–Trinajstić information content (AvgIpc) is 2.83. The van der Waals surface area contributed by atoms with Gasteiger partial charge in [0.15, 0.2) is 12.4 Å². The zero-order valence-corrected chi connectivity index (χ0v) is 14.0. The number of carbonyl (C=O) groups is 2. The van der Waals surface area contributed by atoms with E-state index in [1.54, 1.807) is 13.0 Å². The van der Waals surface area contributed by atoms with Crippen LogP contribution in [0.1, 0.15) is 39.7 Å². The Balaban J connectivity index is 2.08. The van der Waals surface area contributed by atoms with E-state index in [4.69, 9.17) is 9.15 Å².